The van der Waals surface area contributed by atoms with Crippen molar-refractivity contribution in [2.45, 2.75) is 510 Å². The van der Waals surface area contributed by atoms with Gasteiger partial charge < -0.3 is 33.8 Å². The number of ether oxygens (including phenoxy) is 4. The van der Waals surface area contributed by atoms with Gasteiger partial charge in [-0.15, -0.1) is 0 Å². The quantitative estimate of drug-likeness (QED) is 0.0222. The first-order valence-electron chi connectivity index (χ1n) is 47.4. The molecule has 0 bridgehead atoms. The highest BCUT2D eigenvalue weighted by Crippen LogP contribution is 2.45. The molecule has 0 aromatic rings. The summed E-state index contributed by atoms with van der Waals surface area (Å²) < 4.78 is 69.1. The normalized spacial score (nSPS) is 14.3. The van der Waals surface area contributed by atoms with Crippen LogP contribution in [0.3, 0.4) is 0 Å². The van der Waals surface area contributed by atoms with Crippen LogP contribution in [-0.2, 0) is 65.4 Å². The fraction of sp³-hybridized carbons (Fsp3) is 0.957. The Hall–Kier alpha value is -1.94. The lowest BCUT2D eigenvalue weighted by molar-refractivity contribution is -0.161. The molecule has 0 aromatic heterocycles. The summed E-state index contributed by atoms with van der Waals surface area (Å²) in [6, 6.07) is 0. The molecule has 0 amide bonds. The Labute approximate surface area is 683 Å². The zero-order chi connectivity index (χ0) is 81.5. The van der Waals surface area contributed by atoms with Crippen molar-refractivity contribution >= 4 is 39.5 Å². The van der Waals surface area contributed by atoms with E-state index in [-0.39, 0.29) is 25.7 Å². The van der Waals surface area contributed by atoms with Gasteiger partial charge in [0.2, 0.25) is 0 Å². The monoisotopic (exact) mass is 1620 g/mol. The summed E-state index contributed by atoms with van der Waals surface area (Å²) >= 11 is 0. The summed E-state index contributed by atoms with van der Waals surface area (Å²) in [6.07, 6.45) is 75.0. The molecule has 660 valence electrons. The summed E-state index contributed by atoms with van der Waals surface area (Å²) in [6.45, 7) is 12.2. The number of rotatable bonds is 90. The lowest BCUT2D eigenvalue weighted by Crippen LogP contribution is -2.30. The van der Waals surface area contributed by atoms with Gasteiger partial charge in [-0.1, -0.05) is 440 Å². The zero-order valence-corrected chi connectivity index (χ0v) is 75.2. The van der Waals surface area contributed by atoms with Crippen LogP contribution in [0.15, 0.2) is 0 Å². The van der Waals surface area contributed by atoms with Gasteiger partial charge in [0.25, 0.3) is 0 Å². The lowest BCUT2D eigenvalue weighted by atomic mass is 9.99. The number of hydrogen-bond donors (Lipinski definition) is 3. The van der Waals surface area contributed by atoms with Crippen LogP contribution in [0.1, 0.15) is 492 Å². The Morgan fingerprint density at radius 2 is 0.459 bits per heavy atom. The molecule has 0 radical (unpaired) electrons. The first-order valence-corrected chi connectivity index (χ1v) is 50.4. The maximum Gasteiger partial charge on any atom is 0.472 e. The van der Waals surface area contributed by atoms with Crippen molar-refractivity contribution in [3.63, 3.8) is 0 Å². The number of carbonyl (C=O) groups is 4. The van der Waals surface area contributed by atoms with E-state index < -0.39 is 97.5 Å². The van der Waals surface area contributed by atoms with Gasteiger partial charge >= 0.3 is 39.5 Å². The second kappa shape index (κ2) is 81.8. The van der Waals surface area contributed by atoms with Gasteiger partial charge in [-0.3, -0.25) is 37.3 Å². The summed E-state index contributed by atoms with van der Waals surface area (Å²) in [5.41, 5.74) is 0. The number of esters is 4. The Balaban J connectivity index is 5.21. The van der Waals surface area contributed by atoms with E-state index in [9.17, 15) is 43.2 Å². The molecule has 3 N–H and O–H groups in total. The smallest absolute Gasteiger partial charge is 0.462 e. The van der Waals surface area contributed by atoms with Crippen molar-refractivity contribution in [1.82, 2.24) is 0 Å². The number of unbranched alkanes of at least 4 members (excludes halogenated alkanes) is 56. The summed E-state index contributed by atoms with van der Waals surface area (Å²) in [5.74, 6) is 0.443. The Morgan fingerprint density at radius 1 is 0.261 bits per heavy atom. The highest BCUT2D eigenvalue weighted by atomic mass is 31.2. The van der Waals surface area contributed by atoms with Gasteiger partial charge in [0, 0.05) is 25.7 Å². The maximum atomic E-state index is 13.2. The fourth-order valence-electron chi connectivity index (χ4n) is 14.4. The Bertz CT molecular complexity index is 2130. The van der Waals surface area contributed by atoms with E-state index in [0.717, 1.165) is 108 Å². The first-order chi connectivity index (χ1) is 53.8. The number of phosphoric acid groups is 2. The molecule has 0 saturated heterocycles. The summed E-state index contributed by atoms with van der Waals surface area (Å²) in [7, 11) is -9.94. The number of hydrogen-bond acceptors (Lipinski definition) is 15. The van der Waals surface area contributed by atoms with Gasteiger partial charge in [-0.2, -0.15) is 0 Å². The maximum absolute atomic E-state index is 13.2. The van der Waals surface area contributed by atoms with Crippen molar-refractivity contribution in [2.24, 2.45) is 17.8 Å². The van der Waals surface area contributed by atoms with E-state index in [1.165, 1.54) is 302 Å². The molecule has 0 spiro atoms. The molecule has 0 aliphatic heterocycles. The van der Waals surface area contributed by atoms with Crippen LogP contribution in [0.2, 0.25) is 0 Å². The van der Waals surface area contributed by atoms with E-state index in [4.69, 9.17) is 37.0 Å². The Morgan fingerprint density at radius 3 is 0.685 bits per heavy atom. The van der Waals surface area contributed by atoms with Crippen molar-refractivity contribution in [3.05, 3.63) is 0 Å². The van der Waals surface area contributed by atoms with E-state index >= 15 is 0 Å². The number of phosphoric ester groups is 2. The minimum absolute atomic E-state index is 0.108. The van der Waals surface area contributed by atoms with Crippen LogP contribution in [-0.4, -0.2) is 96.7 Å². The molecule has 4 unspecified atom stereocenters. The zero-order valence-electron chi connectivity index (χ0n) is 73.4. The minimum atomic E-state index is -4.97. The van der Waals surface area contributed by atoms with E-state index in [1.54, 1.807) is 0 Å². The molecule has 0 aromatic carbocycles. The first kappa shape index (κ1) is 109. The van der Waals surface area contributed by atoms with Gasteiger partial charge in [0.05, 0.1) is 26.4 Å². The molecule has 0 aliphatic rings. The van der Waals surface area contributed by atoms with Crippen molar-refractivity contribution in [1.29, 1.82) is 0 Å². The van der Waals surface area contributed by atoms with Crippen LogP contribution in [0.5, 0.6) is 0 Å². The molecule has 19 heteroatoms. The molecule has 7 atom stereocenters. The topological polar surface area (TPSA) is 237 Å². The second-order valence-electron chi connectivity index (χ2n) is 34.0. The molecular formula is C92H180O17P2. The van der Waals surface area contributed by atoms with Crippen LogP contribution in [0.4, 0.5) is 0 Å². The van der Waals surface area contributed by atoms with Gasteiger partial charge in [0.15, 0.2) is 12.2 Å². The molecule has 17 nitrogen and oxygen atoms in total. The molecular weight excluding hydrogens is 1440 g/mol. The van der Waals surface area contributed by atoms with Crippen LogP contribution >= 0.6 is 15.6 Å². The van der Waals surface area contributed by atoms with Crippen molar-refractivity contribution in [3.8, 4) is 0 Å². The fourth-order valence-corrected chi connectivity index (χ4v) is 15.9. The number of carbonyl (C=O) groups excluding carboxylic acids is 4. The third-order valence-corrected chi connectivity index (χ3v) is 24.3. The van der Waals surface area contributed by atoms with Gasteiger partial charge in [-0.05, 0) is 43.4 Å². The minimum Gasteiger partial charge on any atom is -0.462 e. The average molecular weight is 1620 g/mol. The predicted octanol–water partition coefficient (Wildman–Crippen LogP) is 28.4. The SMILES string of the molecule is CCCCCCCCCCCCC(=O)OC[C@H](COP(=O)(O)OC[C@H](O)COP(=O)(O)OC[C@@H](COC(=O)CCCCCCCCCCCCCCCCCCCCC(C)CC)OC(=O)CCCCCCCCCCCCCCCCCCCCC(C)CC)OC(=O)CCCCCCCCCCCCCCCCC(C)C. The predicted molar refractivity (Wildman–Crippen MR) is 460 cm³/mol. The summed E-state index contributed by atoms with van der Waals surface area (Å²) in [5, 5.41) is 10.7. The molecule has 0 aliphatic carbocycles. The molecule has 0 heterocycles. The molecule has 0 rings (SSSR count). The van der Waals surface area contributed by atoms with Gasteiger partial charge in [-0.25, -0.2) is 9.13 Å². The average Bonchev–Trinajstić information content (AvgIpc) is 0.900. The third kappa shape index (κ3) is 82.9. The van der Waals surface area contributed by atoms with E-state index in [1.807, 2.05) is 0 Å². The Kier molecular flexibility index (Phi) is 80.4. The van der Waals surface area contributed by atoms with E-state index in [2.05, 4.69) is 48.5 Å². The van der Waals surface area contributed by atoms with Crippen molar-refractivity contribution in [2.75, 3.05) is 39.6 Å². The van der Waals surface area contributed by atoms with Crippen LogP contribution in [0.25, 0.3) is 0 Å². The second-order valence-corrected chi connectivity index (χ2v) is 36.9. The van der Waals surface area contributed by atoms with Crippen LogP contribution < -0.4 is 0 Å². The largest absolute Gasteiger partial charge is 0.472 e. The third-order valence-electron chi connectivity index (χ3n) is 22.4. The standard InChI is InChI=1S/C92H180O17P2/c1-8-11-12-13-14-15-45-52-59-66-73-89(94)102-79-87(108-92(97)76-69-62-55-48-41-35-29-28-30-36-42-49-56-63-70-83(4)5)81-106-110(98,99)104-77-86(93)78-105-111(100,101)107-82-88(109-91(96)75-68-61-54-47-40-34-27-23-19-17-21-25-32-38-44-51-58-65-72-85(7)10-3)80-103-90(95)74-67-60-53-46-39-33-26-22-18-16-20-24-31-37-43-50-57-64-71-84(6)9-2/h83-88,93H,8-82H2,1-7H3,(H,98,99)(H,100,101)/t84?,85?,86-,87+,88+/m0/s1. The number of aliphatic hydroxyl groups is 1. The number of aliphatic hydroxyl groups excluding tert-OH is 1. The summed E-state index contributed by atoms with van der Waals surface area (Å²) in [4.78, 5) is 73.4. The lowest BCUT2D eigenvalue weighted by Gasteiger charge is -2.21. The highest BCUT2D eigenvalue weighted by molar-refractivity contribution is 7.47. The molecule has 111 heavy (non-hydrogen) atoms. The highest BCUT2D eigenvalue weighted by Gasteiger charge is 2.31. The van der Waals surface area contributed by atoms with Crippen LogP contribution in [0, 0.1) is 17.8 Å². The van der Waals surface area contributed by atoms with Gasteiger partial charge in [0.1, 0.15) is 19.3 Å². The molecule has 0 fully saturated rings. The van der Waals surface area contributed by atoms with Crippen molar-refractivity contribution < 1.29 is 80.2 Å². The molecule has 0 saturated carbocycles. The van der Waals surface area contributed by atoms with E-state index in [0.29, 0.717) is 25.7 Å².